The Bertz CT molecular complexity index is 872. The van der Waals surface area contributed by atoms with Crippen LogP contribution in [0.3, 0.4) is 0 Å². The third-order valence-corrected chi connectivity index (χ3v) is 3.17. The van der Waals surface area contributed by atoms with Gasteiger partial charge >= 0.3 is 0 Å². The Hall–Kier alpha value is -2.41. The summed E-state index contributed by atoms with van der Waals surface area (Å²) in [5, 5.41) is 0. The molecule has 0 atom stereocenters. The lowest BCUT2D eigenvalue weighted by Gasteiger charge is -2.06. The molecule has 0 spiro atoms. The second-order valence-corrected chi connectivity index (χ2v) is 4.50. The molecule has 1 heteroatoms. The van der Waals surface area contributed by atoms with Crippen molar-refractivity contribution in [1.82, 2.24) is 4.98 Å². The second-order valence-electron chi connectivity index (χ2n) is 4.50. The van der Waals surface area contributed by atoms with Crippen LogP contribution in [0.5, 0.6) is 0 Å². The smallest absolute Gasteiger partial charge is 0.0704 e. The largest absolute Gasteiger partial charge is 0.256 e. The van der Waals surface area contributed by atoms with Crippen molar-refractivity contribution in [3.8, 4) is 22.4 Å². The van der Waals surface area contributed by atoms with Crippen molar-refractivity contribution in [2.75, 3.05) is 0 Å². The lowest BCUT2D eigenvalue weighted by molar-refractivity contribution is 1.12. The first-order valence-electron chi connectivity index (χ1n) is 8.91. The number of rotatable bonds is 3. The summed E-state index contributed by atoms with van der Waals surface area (Å²) in [5.74, 6) is 0. The van der Waals surface area contributed by atoms with E-state index in [0.717, 1.165) is 16.7 Å². The van der Waals surface area contributed by atoms with E-state index in [1.165, 1.54) is 18.3 Å². The number of benzene rings is 2. The number of nitrogens with zero attached hydrogens (tertiary/aromatic N) is 1. The first-order chi connectivity index (χ1) is 11.8. The van der Waals surface area contributed by atoms with E-state index in [9.17, 15) is 0 Å². The molecule has 0 fully saturated rings. The predicted molar refractivity (Wildman–Crippen MR) is 84.5 cm³/mol. The molecule has 3 aromatic rings. The van der Waals surface area contributed by atoms with E-state index in [0.29, 0.717) is 5.69 Å². The SMILES string of the molecule is [2H]C([2H])([2H])C([2H])([2H])c1ccnc(-c2cccc(-c3ccccc3)c2)c1. The molecule has 0 aliphatic rings. The van der Waals surface area contributed by atoms with Crippen LogP contribution in [-0.2, 0) is 6.37 Å². The highest BCUT2D eigenvalue weighted by atomic mass is 14.7. The van der Waals surface area contributed by atoms with Crippen LogP contribution in [-0.4, -0.2) is 4.98 Å². The standard InChI is InChI=1S/C19H17N/c1-2-15-11-12-20-19(13-15)18-10-6-9-17(14-18)16-7-4-3-5-8-16/h3-14H,2H2,1H3/i1D3,2D2. The molecule has 1 heterocycles. The van der Waals surface area contributed by atoms with E-state index in [4.69, 9.17) is 6.85 Å². The van der Waals surface area contributed by atoms with Crippen molar-refractivity contribution >= 4 is 0 Å². The molecule has 20 heavy (non-hydrogen) atoms. The molecule has 1 aromatic heterocycles. The van der Waals surface area contributed by atoms with Gasteiger partial charge in [0.15, 0.2) is 0 Å². The average Bonchev–Trinajstić information content (AvgIpc) is 2.62. The summed E-state index contributed by atoms with van der Waals surface area (Å²) in [6, 6.07) is 20.6. The van der Waals surface area contributed by atoms with E-state index in [2.05, 4.69) is 4.98 Å². The van der Waals surface area contributed by atoms with Crippen LogP contribution < -0.4 is 0 Å². The zero-order chi connectivity index (χ0) is 18.1. The highest BCUT2D eigenvalue weighted by Crippen LogP contribution is 2.25. The summed E-state index contributed by atoms with van der Waals surface area (Å²) in [6.45, 7) is -2.74. The molecule has 1 nitrogen and oxygen atoms in total. The first-order valence-corrected chi connectivity index (χ1v) is 6.41. The van der Waals surface area contributed by atoms with Gasteiger partial charge in [0.2, 0.25) is 0 Å². The molecule has 0 unspecified atom stereocenters. The second kappa shape index (κ2) is 5.70. The minimum atomic E-state index is -2.74. The highest BCUT2D eigenvalue weighted by molar-refractivity contribution is 5.71. The monoisotopic (exact) mass is 264 g/mol. The van der Waals surface area contributed by atoms with Crippen LogP contribution in [0, 0.1) is 0 Å². The Labute approximate surface area is 127 Å². The normalized spacial score (nSPS) is 15.5. The average molecular weight is 264 g/mol. The van der Waals surface area contributed by atoms with E-state index in [1.807, 2.05) is 54.6 Å². The number of hydrogen-bond acceptors (Lipinski definition) is 1. The highest BCUT2D eigenvalue weighted by Gasteiger charge is 2.03. The maximum absolute atomic E-state index is 7.93. The Balaban J connectivity index is 2.03. The van der Waals surface area contributed by atoms with Gasteiger partial charge in [0.25, 0.3) is 0 Å². The quantitative estimate of drug-likeness (QED) is 0.650. The van der Waals surface area contributed by atoms with Gasteiger partial charge in [-0.05, 0) is 41.3 Å². The summed E-state index contributed by atoms with van der Waals surface area (Å²) in [4.78, 5) is 4.29. The fourth-order valence-corrected chi connectivity index (χ4v) is 2.15. The van der Waals surface area contributed by atoms with Crippen LogP contribution in [0.25, 0.3) is 22.4 Å². The van der Waals surface area contributed by atoms with Gasteiger partial charge in [-0.1, -0.05) is 55.4 Å². The molecule has 0 radical (unpaired) electrons. The van der Waals surface area contributed by atoms with Crippen LogP contribution in [0.15, 0.2) is 72.9 Å². The van der Waals surface area contributed by atoms with Gasteiger partial charge < -0.3 is 0 Å². The van der Waals surface area contributed by atoms with Crippen molar-refractivity contribution in [1.29, 1.82) is 0 Å². The summed E-state index contributed by atoms with van der Waals surface area (Å²) in [7, 11) is 0. The predicted octanol–water partition coefficient (Wildman–Crippen LogP) is 4.98. The van der Waals surface area contributed by atoms with Crippen molar-refractivity contribution in [2.45, 2.75) is 13.2 Å². The van der Waals surface area contributed by atoms with Gasteiger partial charge in [-0.15, -0.1) is 0 Å². The number of aromatic nitrogens is 1. The van der Waals surface area contributed by atoms with Gasteiger partial charge in [-0.3, -0.25) is 4.98 Å². The van der Waals surface area contributed by atoms with Crippen LogP contribution in [0.2, 0.25) is 0 Å². The zero-order valence-corrected chi connectivity index (χ0v) is 10.9. The lowest BCUT2D eigenvalue weighted by atomic mass is 10.0. The Morgan fingerprint density at radius 1 is 0.900 bits per heavy atom. The molecule has 0 saturated heterocycles. The van der Waals surface area contributed by atoms with Gasteiger partial charge in [0.05, 0.1) is 5.69 Å². The molecule has 0 amide bonds. The Morgan fingerprint density at radius 2 is 1.70 bits per heavy atom. The third-order valence-electron chi connectivity index (χ3n) is 3.17. The maximum atomic E-state index is 7.93. The molecule has 0 aliphatic carbocycles. The van der Waals surface area contributed by atoms with Crippen LogP contribution in [0.4, 0.5) is 0 Å². The van der Waals surface area contributed by atoms with Gasteiger partial charge in [0.1, 0.15) is 0 Å². The molecule has 0 bridgehead atoms. The molecule has 2 aromatic carbocycles. The van der Waals surface area contributed by atoms with Crippen molar-refractivity contribution in [3.63, 3.8) is 0 Å². The van der Waals surface area contributed by atoms with E-state index < -0.39 is 13.2 Å². The van der Waals surface area contributed by atoms with Crippen molar-refractivity contribution in [3.05, 3.63) is 78.5 Å². The molecule has 3 rings (SSSR count). The van der Waals surface area contributed by atoms with E-state index in [1.54, 1.807) is 0 Å². The van der Waals surface area contributed by atoms with Crippen LogP contribution in [0.1, 0.15) is 19.3 Å². The lowest BCUT2D eigenvalue weighted by Crippen LogP contribution is -1.87. The van der Waals surface area contributed by atoms with Crippen molar-refractivity contribution < 1.29 is 6.85 Å². The summed E-state index contributed by atoms with van der Waals surface area (Å²) in [5.41, 5.74) is 3.54. The number of aryl methyl sites for hydroxylation is 1. The van der Waals surface area contributed by atoms with E-state index >= 15 is 0 Å². The minimum absolute atomic E-state index is 0.0996. The van der Waals surface area contributed by atoms with Gasteiger partial charge in [-0.2, -0.15) is 0 Å². The minimum Gasteiger partial charge on any atom is -0.256 e. The van der Waals surface area contributed by atoms with Gasteiger partial charge in [-0.25, -0.2) is 0 Å². The molecule has 0 aliphatic heterocycles. The molecular formula is C19H17N. The Kier molecular flexibility index (Phi) is 2.28. The summed E-state index contributed by atoms with van der Waals surface area (Å²) < 4.78 is 38.2. The van der Waals surface area contributed by atoms with Crippen molar-refractivity contribution in [2.24, 2.45) is 0 Å². The maximum Gasteiger partial charge on any atom is 0.0704 e. The topological polar surface area (TPSA) is 12.9 Å². The first kappa shape index (κ1) is 8.01. The molecular weight excluding hydrogens is 242 g/mol. The molecule has 0 saturated carbocycles. The third kappa shape index (κ3) is 2.62. The Morgan fingerprint density at radius 3 is 2.55 bits per heavy atom. The number of pyridine rings is 1. The fourth-order valence-electron chi connectivity index (χ4n) is 2.15. The van der Waals surface area contributed by atoms with Gasteiger partial charge in [0, 0.05) is 18.6 Å². The summed E-state index contributed by atoms with van der Waals surface area (Å²) in [6.07, 6.45) is -0.981. The van der Waals surface area contributed by atoms with Crippen LogP contribution >= 0.6 is 0 Å². The molecule has 0 N–H and O–H groups in total. The number of hydrogen-bond donors (Lipinski definition) is 0. The zero-order valence-electron chi connectivity index (χ0n) is 15.9. The molecule has 98 valence electrons. The summed E-state index contributed by atoms with van der Waals surface area (Å²) >= 11 is 0. The fraction of sp³-hybridized carbons (Fsp3) is 0.105. The van der Waals surface area contributed by atoms with E-state index in [-0.39, 0.29) is 5.56 Å².